The molecule has 0 bridgehead atoms. The van der Waals surface area contributed by atoms with Gasteiger partial charge in [0.05, 0.1) is 6.54 Å². The summed E-state index contributed by atoms with van der Waals surface area (Å²) < 4.78 is 1.39. The fourth-order valence-electron chi connectivity index (χ4n) is 2.42. The number of hydrogen-bond acceptors (Lipinski definition) is 5. The number of thioether (sulfide) groups is 1. The monoisotopic (exact) mass is 338 g/mol. The normalized spacial score (nSPS) is 13.1. The summed E-state index contributed by atoms with van der Waals surface area (Å²) in [7, 11) is 0. The van der Waals surface area contributed by atoms with Crippen molar-refractivity contribution in [1.29, 1.82) is 0 Å². The van der Waals surface area contributed by atoms with Crippen LogP contribution in [0.15, 0.2) is 23.1 Å². The number of nitrogens with zero attached hydrogens (tertiary/aromatic N) is 2. The fraction of sp³-hybridized carbons (Fsp3) is 0.214. The Labute approximate surface area is 134 Å². The largest absolute Gasteiger partial charge is 0.506 e. The molecule has 114 valence electrons. The highest BCUT2D eigenvalue weighted by atomic mass is 35.5. The van der Waals surface area contributed by atoms with E-state index < -0.39 is 22.8 Å². The summed E-state index contributed by atoms with van der Waals surface area (Å²) in [5, 5.41) is 19.6. The standard InChI is InChI=1S/C14H11ClN2O4S/c15-10-2-1-7(3-16-10)4-17-9-6-22-5-8(9)12(18)11(13(17)19)14(20)21/h1-3,18H,4-6H2,(H,20,21). The van der Waals surface area contributed by atoms with Crippen LogP contribution in [-0.4, -0.2) is 25.7 Å². The quantitative estimate of drug-likeness (QED) is 0.833. The van der Waals surface area contributed by atoms with E-state index in [1.54, 1.807) is 12.1 Å². The van der Waals surface area contributed by atoms with Crippen LogP contribution in [-0.2, 0) is 18.1 Å². The van der Waals surface area contributed by atoms with Crippen molar-refractivity contribution < 1.29 is 15.0 Å². The van der Waals surface area contributed by atoms with E-state index in [2.05, 4.69) is 4.98 Å². The lowest BCUT2D eigenvalue weighted by Gasteiger charge is -2.14. The number of carboxylic acids is 1. The summed E-state index contributed by atoms with van der Waals surface area (Å²) in [5.41, 5.74) is 0.619. The molecular weight excluding hydrogens is 328 g/mol. The van der Waals surface area contributed by atoms with E-state index in [4.69, 9.17) is 11.6 Å². The molecular formula is C14H11ClN2O4S. The van der Waals surface area contributed by atoms with E-state index >= 15 is 0 Å². The van der Waals surface area contributed by atoms with Crippen LogP contribution in [0.1, 0.15) is 27.2 Å². The molecule has 1 aliphatic rings. The summed E-state index contributed by atoms with van der Waals surface area (Å²) >= 11 is 7.26. The maximum atomic E-state index is 12.4. The Bertz CT molecular complexity index is 817. The summed E-state index contributed by atoms with van der Waals surface area (Å²) in [4.78, 5) is 27.7. The van der Waals surface area contributed by atoms with Crippen molar-refractivity contribution in [3.63, 3.8) is 0 Å². The lowest BCUT2D eigenvalue weighted by Crippen LogP contribution is -2.30. The van der Waals surface area contributed by atoms with Gasteiger partial charge >= 0.3 is 5.97 Å². The third-order valence-electron chi connectivity index (χ3n) is 3.48. The molecule has 0 amide bonds. The molecule has 0 radical (unpaired) electrons. The lowest BCUT2D eigenvalue weighted by atomic mass is 10.1. The molecule has 0 saturated carbocycles. The van der Waals surface area contributed by atoms with Gasteiger partial charge in [-0.25, -0.2) is 9.78 Å². The van der Waals surface area contributed by atoms with Crippen molar-refractivity contribution in [2.24, 2.45) is 0 Å². The Balaban J connectivity index is 2.17. The van der Waals surface area contributed by atoms with E-state index in [-0.39, 0.29) is 6.54 Å². The van der Waals surface area contributed by atoms with E-state index in [0.717, 1.165) is 5.56 Å². The minimum Gasteiger partial charge on any atom is -0.506 e. The molecule has 0 atom stereocenters. The Hall–Kier alpha value is -1.99. The number of aromatic hydroxyl groups is 1. The topological polar surface area (TPSA) is 92.4 Å². The van der Waals surface area contributed by atoms with Crippen molar-refractivity contribution in [3.05, 3.63) is 56.2 Å². The molecule has 0 saturated heterocycles. The Morgan fingerprint density at radius 2 is 2.18 bits per heavy atom. The van der Waals surface area contributed by atoms with Crippen LogP contribution in [0, 0.1) is 0 Å². The van der Waals surface area contributed by atoms with Crippen LogP contribution in [0.4, 0.5) is 0 Å². The average Bonchev–Trinajstić information content (AvgIpc) is 2.95. The Morgan fingerprint density at radius 3 is 2.82 bits per heavy atom. The second kappa shape index (κ2) is 5.66. The highest BCUT2D eigenvalue weighted by Crippen LogP contribution is 2.36. The third kappa shape index (κ3) is 2.46. The second-order valence-corrected chi connectivity index (χ2v) is 6.20. The number of halogens is 1. The molecule has 0 aliphatic carbocycles. The first-order chi connectivity index (χ1) is 10.5. The molecule has 0 unspecified atom stereocenters. The van der Waals surface area contributed by atoms with Gasteiger partial charge in [-0.2, -0.15) is 11.8 Å². The first kappa shape index (κ1) is 14.9. The van der Waals surface area contributed by atoms with E-state index in [9.17, 15) is 19.8 Å². The number of carbonyl (C=O) groups is 1. The number of rotatable bonds is 3. The second-order valence-electron chi connectivity index (χ2n) is 4.83. The van der Waals surface area contributed by atoms with Crippen molar-refractivity contribution >= 4 is 29.3 Å². The average molecular weight is 339 g/mol. The van der Waals surface area contributed by atoms with Gasteiger partial charge in [0.25, 0.3) is 5.56 Å². The maximum absolute atomic E-state index is 12.4. The SMILES string of the molecule is O=C(O)c1c(O)c2c(n(Cc3ccc(Cl)nc3)c1=O)CSC2. The van der Waals surface area contributed by atoms with Gasteiger partial charge in [0, 0.05) is 29.0 Å². The van der Waals surface area contributed by atoms with E-state index in [0.29, 0.717) is 27.9 Å². The predicted octanol–water partition coefficient (Wildman–Crippen LogP) is 2.10. The van der Waals surface area contributed by atoms with Gasteiger partial charge in [-0.3, -0.25) is 4.79 Å². The predicted molar refractivity (Wildman–Crippen MR) is 82.7 cm³/mol. The van der Waals surface area contributed by atoms with E-state index in [1.165, 1.54) is 22.5 Å². The number of aromatic carboxylic acids is 1. The number of pyridine rings is 2. The number of hydrogen-bond donors (Lipinski definition) is 2. The van der Waals surface area contributed by atoms with Crippen LogP contribution in [0.5, 0.6) is 5.75 Å². The van der Waals surface area contributed by atoms with Crippen LogP contribution < -0.4 is 5.56 Å². The van der Waals surface area contributed by atoms with Crippen molar-refractivity contribution in [1.82, 2.24) is 9.55 Å². The summed E-state index contributed by atoms with van der Waals surface area (Å²) in [6.45, 7) is 0.187. The van der Waals surface area contributed by atoms with Crippen LogP contribution >= 0.6 is 23.4 Å². The molecule has 2 aromatic rings. The summed E-state index contributed by atoms with van der Waals surface area (Å²) in [5.74, 6) is -0.798. The number of aromatic nitrogens is 2. The highest BCUT2D eigenvalue weighted by Gasteiger charge is 2.28. The smallest absolute Gasteiger partial charge is 0.345 e. The van der Waals surface area contributed by atoms with Gasteiger partial charge < -0.3 is 14.8 Å². The van der Waals surface area contributed by atoms with Gasteiger partial charge in [-0.15, -0.1) is 0 Å². The molecule has 1 aliphatic heterocycles. The molecule has 0 fully saturated rings. The van der Waals surface area contributed by atoms with Gasteiger partial charge in [0.2, 0.25) is 0 Å². The Morgan fingerprint density at radius 1 is 1.41 bits per heavy atom. The number of fused-ring (bicyclic) bond motifs is 1. The zero-order chi connectivity index (χ0) is 15.9. The molecule has 2 N–H and O–H groups in total. The molecule has 6 nitrogen and oxygen atoms in total. The summed E-state index contributed by atoms with van der Waals surface area (Å²) in [6, 6.07) is 3.33. The third-order valence-corrected chi connectivity index (χ3v) is 4.68. The fourth-order valence-corrected chi connectivity index (χ4v) is 3.66. The maximum Gasteiger partial charge on any atom is 0.345 e. The first-order valence-electron chi connectivity index (χ1n) is 6.38. The minimum absolute atomic E-state index is 0.187. The first-order valence-corrected chi connectivity index (χ1v) is 7.91. The molecule has 0 spiro atoms. The zero-order valence-corrected chi connectivity index (χ0v) is 12.8. The van der Waals surface area contributed by atoms with Crippen molar-refractivity contribution in [2.75, 3.05) is 0 Å². The van der Waals surface area contributed by atoms with Gasteiger partial charge in [-0.1, -0.05) is 17.7 Å². The van der Waals surface area contributed by atoms with Gasteiger partial charge in [0.15, 0.2) is 5.56 Å². The Kier molecular flexibility index (Phi) is 3.84. The minimum atomic E-state index is -1.43. The molecule has 3 rings (SSSR count). The van der Waals surface area contributed by atoms with Gasteiger partial charge in [-0.05, 0) is 11.6 Å². The molecule has 8 heteroatoms. The van der Waals surface area contributed by atoms with Crippen LogP contribution in [0.3, 0.4) is 0 Å². The molecule has 2 aromatic heterocycles. The molecule has 0 aromatic carbocycles. The van der Waals surface area contributed by atoms with E-state index in [1.807, 2.05) is 0 Å². The molecule has 3 heterocycles. The van der Waals surface area contributed by atoms with Crippen LogP contribution in [0.2, 0.25) is 5.15 Å². The van der Waals surface area contributed by atoms with Crippen molar-refractivity contribution in [3.8, 4) is 5.75 Å². The van der Waals surface area contributed by atoms with Gasteiger partial charge in [0.1, 0.15) is 10.9 Å². The van der Waals surface area contributed by atoms with Crippen molar-refractivity contribution in [2.45, 2.75) is 18.1 Å². The van der Waals surface area contributed by atoms with Crippen LogP contribution in [0.25, 0.3) is 0 Å². The lowest BCUT2D eigenvalue weighted by molar-refractivity contribution is 0.0690. The molecule has 22 heavy (non-hydrogen) atoms. The number of carboxylic acid groups (broad SMARTS) is 1. The zero-order valence-electron chi connectivity index (χ0n) is 11.2. The summed E-state index contributed by atoms with van der Waals surface area (Å²) in [6.07, 6.45) is 1.54. The highest BCUT2D eigenvalue weighted by molar-refractivity contribution is 7.98.